The standard InChI is InChI=1S/C61H72O11.C49H56O9.C12H16O2/c1-5-51-55(68-43-53(62)61(3,4)69-41-50-34-22-11-23-35-50)57(66-39-48-30-18-9-19-31-48)58(67-40-49-32-20-10-21-33-49)60(70-51)72-59-44(2)54(64-37-46-26-14-7-15-27-46)56(65-38-47-28-16-8-17-29-47)52(71-59)42-63-36-45-24-12-6-13-25-45;1-3-41-43(50)46(54-32-39-25-15-7-16-26-39)47(55-33-40-27-17-8-18-28-40)49(56-41)58-48-35(2)44(52-30-37-21-11-5-12-22-37)45(53-31-38-23-13-6-14-24-38)42(57-48)34-51-29-36-19-9-4-10-20-36;1-12(2,11-9-13-11)14-8-10-6-4-3-5-7-10/h6-35,44,51-60,62H,5,36-43H2,1-4H3;4-28,35,41-50H,3,29-34H2,1-2H3;3-7,11H,8-9H2,1-2H3/t44?,51?,52-,53+,54?,55-,56-,57+,58?,59-,60-;35?,41?,42-,43-,44?,45-,46+,47?,48-,49-;11-/m110/s1. The molecule has 5 fully saturated rings. The van der Waals surface area contributed by atoms with Gasteiger partial charge in [0.15, 0.2) is 25.2 Å². The molecular formula is C122H144O22. The Morgan fingerprint density at radius 3 is 0.806 bits per heavy atom. The Morgan fingerprint density at radius 1 is 0.271 bits per heavy atom. The van der Waals surface area contributed by atoms with Crippen LogP contribution in [0, 0.1) is 11.8 Å². The van der Waals surface area contributed by atoms with Gasteiger partial charge in [-0.2, -0.15) is 0 Å². The molecule has 2 N–H and O–H groups in total. The molecule has 17 rings (SSSR count). The molecule has 0 aromatic heterocycles. The van der Waals surface area contributed by atoms with Gasteiger partial charge >= 0.3 is 0 Å². The third-order valence-corrected chi connectivity index (χ3v) is 26.8. The first-order chi connectivity index (χ1) is 70.5. The van der Waals surface area contributed by atoms with Gasteiger partial charge in [0.25, 0.3) is 0 Å². The maximum Gasteiger partial charge on any atom is 0.189 e. The molecule has 22 atom stereocenters. The highest BCUT2D eigenvalue weighted by Gasteiger charge is 2.55. The molecule has 0 spiro atoms. The third-order valence-electron chi connectivity index (χ3n) is 26.8. The van der Waals surface area contributed by atoms with Gasteiger partial charge in [0.1, 0.15) is 73.2 Å². The lowest BCUT2D eigenvalue weighted by atomic mass is 9.91. The van der Waals surface area contributed by atoms with E-state index < -0.39 is 122 Å². The normalized spacial score (nSPS) is 25.5. The average Bonchev–Trinajstić information content (AvgIpc) is 1.25. The second-order valence-corrected chi connectivity index (χ2v) is 38.5. The number of epoxide rings is 1. The molecular weight excluding hydrogens is 1820 g/mol. The van der Waals surface area contributed by atoms with E-state index in [2.05, 4.69) is 76.2 Å². The van der Waals surface area contributed by atoms with Gasteiger partial charge in [-0.15, -0.1) is 0 Å². The number of aliphatic hydroxyl groups excluding tert-OH is 2. The van der Waals surface area contributed by atoms with Crippen LogP contribution in [0.1, 0.15) is 135 Å². The van der Waals surface area contributed by atoms with Crippen LogP contribution in [-0.2, 0) is 174 Å². The minimum Gasteiger partial charge on any atom is -0.388 e. The fourth-order valence-corrected chi connectivity index (χ4v) is 18.0. The molecule has 5 heterocycles. The molecule has 5 aliphatic rings. The van der Waals surface area contributed by atoms with Crippen LogP contribution in [0.4, 0.5) is 0 Å². The van der Waals surface area contributed by atoms with Crippen LogP contribution in [-0.4, -0.2) is 171 Å². The summed E-state index contributed by atoms with van der Waals surface area (Å²) in [5, 5.41) is 23.5. The smallest absolute Gasteiger partial charge is 0.189 e. The molecule has 12 aromatic rings. The molecule has 0 radical (unpaired) electrons. The van der Waals surface area contributed by atoms with Crippen molar-refractivity contribution in [1.82, 2.24) is 0 Å². The summed E-state index contributed by atoms with van der Waals surface area (Å²) < 4.78 is 133. The van der Waals surface area contributed by atoms with Crippen molar-refractivity contribution in [2.45, 2.75) is 282 Å². The molecule has 22 nitrogen and oxygen atoms in total. The summed E-state index contributed by atoms with van der Waals surface area (Å²) in [4.78, 5) is 0. The monoisotopic (exact) mass is 1960 g/mol. The number of aliphatic hydroxyl groups is 2. The molecule has 5 aliphatic heterocycles. The van der Waals surface area contributed by atoms with Crippen LogP contribution >= 0.6 is 0 Å². The van der Waals surface area contributed by atoms with Crippen LogP contribution < -0.4 is 0 Å². The Bertz CT molecular complexity index is 5470. The second kappa shape index (κ2) is 56.6. The SMILES string of the molecule is CC(C)(OCc1ccccc1)[C@@H]1CO1.CCC1O[C@H](O[C@H]2O[C@H](COCc3ccccc3)[C@@H](OCc3ccccc3)C(OCc3ccccc3)C2C)C(OCc2ccccc2)[C@@H](OCc2ccccc2)[C@@H]1O.CCC1O[C@H](O[C@H]2O[C@H](COCc3ccccc3)[C@@H](OCc3ccccc3)C(OCc3ccccc3)C2C)C(OCc2ccccc2)[C@@H](OCc2ccccc2)[C@@H]1OC[C@H](O)C(C)(C)OCc1ccccc1. The summed E-state index contributed by atoms with van der Waals surface area (Å²) in [6.07, 6.45) is -12.3. The first kappa shape index (κ1) is 108. The second-order valence-electron chi connectivity index (χ2n) is 38.5. The van der Waals surface area contributed by atoms with E-state index in [0.29, 0.717) is 65.7 Å². The van der Waals surface area contributed by atoms with Gasteiger partial charge < -0.3 is 105 Å². The fourth-order valence-electron chi connectivity index (χ4n) is 18.0. The van der Waals surface area contributed by atoms with E-state index in [4.69, 9.17) is 94.7 Å². The molecule has 0 aliphatic carbocycles. The molecule has 0 bridgehead atoms. The van der Waals surface area contributed by atoms with Crippen molar-refractivity contribution in [1.29, 1.82) is 0 Å². The van der Waals surface area contributed by atoms with E-state index in [1.807, 2.05) is 343 Å². The third kappa shape index (κ3) is 32.9. The zero-order valence-corrected chi connectivity index (χ0v) is 84.1. The lowest BCUT2D eigenvalue weighted by Gasteiger charge is -2.49. The number of hydrogen-bond acceptors (Lipinski definition) is 22. The van der Waals surface area contributed by atoms with Gasteiger partial charge in [-0.3, -0.25) is 0 Å². The first-order valence-corrected chi connectivity index (χ1v) is 50.8. The summed E-state index contributed by atoms with van der Waals surface area (Å²) in [7, 11) is 0. The van der Waals surface area contributed by atoms with Gasteiger partial charge in [-0.25, -0.2) is 0 Å². The number of ether oxygens (including phenoxy) is 20. The largest absolute Gasteiger partial charge is 0.388 e. The van der Waals surface area contributed by atoms with Gasteiger partial charge in [0, 0.05) is 11.8 Å². The lowest BCUT2D eigenvalue weighted by molar-refractivity contribution is -0.383. The number of benzene rings is 12. The highest BCUT2D eigenvalue weighted by atomic mass is 16.8. The fraction of sp³-hybridized carbons (Fsp3) is 0.410. The Balaban J connectivity index is 0.000000193. The average molecular weight is 1960 g/mol. The molecule has 144 heavy (non-hydrogen) atoms. The van der Waals surface area contributed by atoms with Crippen molar-refractivity contribution in [2.75, 3.05) is 26.4 Å². The van der Waals surface area contributed by atoms with E-state index in [9.17, 15) is 10.2 Å². The summed E-state index contributed by atoms with van der Waals surface area (Å²) >= 11 is 0. The van der Waals surface area contributed by atoms with Crippen molar-refractivity contribution in [3.63, 3.8) is 0 Å². The van der Waals surface area contributed by atoms with Gasteiger partial charge in [0.05, 0.1) is 141 Å². The summed E-state index contributed by atoms with van der Waals surface area (Å²) in [5.41, 5.74) is 11.3. The van der Waals surface area contributed by atoms with Crippen LogP contribution in [0.2, 0.25) is 0 Å². The predicted molar refractivity (Wildman–Crippen MR) is 550 cm³/mol. The Kier molecular flexibility index (Phi) is 42.5. The highest BCUT2D eigenvalue weighted by molar-refractivity contribution is 5.23. The van der Waals surface area contributed by atoms with E-state index >= 15 is 0 Å². The van der Waals surface area contributed by atoms with Crippen molar-refractivity contribution in [3.05, 3.63) is 431 Å². The molecule has 22 heteroatoms. The van der Waals surface area contributed by atoms with E-state index in [1.165, 1.54) is 5.56 Å². The van der Waals surface area contributed by atoms with Crippen LogP contribution in [0.5, 0.6) is 0 Å². The highest BCUT2D eigenvalue weighted by Crippen LogP contribution is 2.42. The molecule has 5 saturated heterocycles. The van der Waals surface area contributed by atoms with Crippen LogP contribution in [0.3, 0.4) is 0 Å². The molecule has 764 valence electrons. The van der Waals surface area contributed by atoms with Gasteiger partial charge in [0.2, 0.25) is 0 Å². The topological polar surface area (TPSA) is 228 Å². The summed E-state index contributed by atoms with van der Waals surface area (Å²) in [5.74, 6) is -0.701. The molecule has 8 unspecified atom stereocenters. The maximum absolute atomic E-state index is 11.7. The Labute approximate surface area is 850 Å². The summed E-state index contributed by atoms with van der Waals surface area (Å²) in [6, 6.07) is 121. The number of hydrogen-bond donors (Lipinski definition) is 2. The van der Waals surface area contributed by atoms with Crippen LogP contribution in [0.15, 0.2) is 364 Å². The van der Waals surface area contributed by atoms with Crippen molar-refractivity contribution < 1.29 is 105 Å². The molecule has 0 saturated carbocycles. The van der Waals surface area contributed by atoms with Crippen molar-refractivity contribution in [2.24, 2.45) is 11.8 Å². The molecule has 0 amide bonds. The Hall–Kier alpha value is -10.2. The van der Waals surface area contributed by atoms with Crippen LogP contribution in [0.25, 0.3) is 0 Å². The zero-order valence-electron chi connectivity index (χ0n) is 84.1. The first-order valence-electron chi connectivity index (χ1n) is 50.8. The predicted octanol–water partition coefficient (Wildman–Crippen LogP) is 21.6. The number of rotatable bonds is 49. The van der Waals surface area contributed by atoms with Crippen molar-refractivity contribution >= 4 is 0 Å². The van der Waals surface area contributed by atoms with Crippen molar-refractivity contribution in [3.8, 4) is 0 Å². The van der Waals surface area contributed by atoms with E-state index in [-0.39, 0.29) is 69.8 Å². The van der Waals surface area contributed by atoms with E-state index in [0.717, 1.165) is 67.8 Å². The summed E-state index contributed by atoms with van der Waals surface area (Å²) in [6.45, 7) is 21.5. The minimum atomic E-state index is -0.996. The molecule has 12 aromatic carbocycles. The van der Waals surface area contributed by atoms with E-state index in [1.54, 1.807) is 0 Å². The van der Waals surface area contributed by atoms with Gasteiger partial charge in [-0.1, -0.05) is 392 Å². The minimum absolute atomic E-state index is 0.0489. The van der Waals surface area contributed by atoms with Gasteiger partial charge in [-0.05, 0) is 107 Å². The maximum atomic E-state index is 11.7. The lowest BCUT2D eigenvalue weighted by Crippen LogP contribution is -2.63. The Morgan fingerprint density at radius 2 is 0.507 bits per heavy atom. The quantitative estimate of drug-likeness (QED) is 0.0338. The zero-order chi connectivity index (χ0) is 99.9.